The lowest BCUT2D eigenvalue weighted by Crippen LogP contribution is -2.39. The van der Waals surface area contributed by atoms with E-state index in [0.29, 0.717) is 6.04 Å². The number of benzene rings is 1. The standard InChI is InChI=1S/C18H26N4/c1-14(21(3)16-9-10-16)11-19-12-18-13-20-15(2)22(18)17-7-5-4-6-8-17/h4-8,13-14,16,19H,9-12H2,1-3H3/t14-/m0/s1. The van der Waals surface area contributed by atoms with E-state index >= 15 is 0 Å². The zero-order chi connectivity index (χ0) is 15.5. The molecular formula is C18H26N4. The Labute approximate surface area is 133 Å². The van der Waals surface area contributed by atoms with Crippen LogP contribution in [0, 0.1) is 6.92 Å². The summed E-state index contributed by atoms with van der Waals surface area (Å²) in [7, 11) is 2.24. The molecular weight excluding hydrogens is 272 g/mol. The SMILES string of the molecule is Cc1ncc(CNC[C@H](C)N(C)C2CC2)n1-c1ccccc1. The van der Waals surface area contributed by atoms with Crippen LogP contribution in [0.4, 0.5) is 0 Å². The van der Waals surface area contributed by atoms with Crippen LogP contribution in [0.25, 0.3) is 5.69 Å². The predicted molar refractivity (Wildman–Crippen MR) is 90.3 cm³/mol. The second-order valence-corrected chi connectivity index (χ2v) is 6.34. The molecule has 0 amide bonds. The summed E-state index contributed by atoms with van der Waals surface area (Å²) in [6, 6.07) is 11.8. The van der Waals surface area contributed by atoms with Gasteiger partial charge in [0.15, 0.2) is 0 Å². The molecule has 1 aromatic heterocycles. The van der Waals surface area contributed by atoms with Crippen molar-refractivity contribution in [1.82, 2.24) is 19.8 Å². The van der Waals surface area contributed by atoms with Gasteiger partial charge in [-0.05, 0) is 45.9 Å². The number of hydrogen-bond donors (Lipinski definition) is 1. The van der Waals surface area contributed by atoms with Crippen LogP contribution in [0.15, 0.2) is 36.5 Å². The van der Waals surface area contributed by atoms with Gasteiger partial charge in [0, 0.05) is 30.9 Å². The van der Waals surface area contributed by atoms with Crippen molar-refractivity contribution in [2.75, 3.05) is 13.6 Å². The van der Waals surface area contributed by atoms with Crippen molar-refractivity contribution >= 4 is 0 Å². The zero-order valence-electron chi connectivity index (χ0n) is 13.8. The molecule has 1 aromatic carbocycles. The van der Waals surface area contributed by atoms with Gasteiger partial charge in [0.25, 0.3) is 0 Å². The van der Waals surface area contributed by atoms with Crippen molar-refractivity contribution < 1.29 is 0 Å². The van der Waals surface area contributed by atoms with Gasteiger partial charge in [-0.25, -0.2) is 4.98 Å². The zero-order valence-corrected chi connectivity index (χ0v) is 13.8. The summed E-state index contributed by atoms with van der Waals surface area (Å²) in [6.45, 7) is 6.20. The van der Waals surface area contributed by atoms with Gasteiger partial charge in [0.05, 0.1) is 11.9 Å². The lowest BCUT2D eigenvalue weighted by Gasteiger charge is -2.24. The molecule has 2 aromatic rings. The van der Waals surface area contributed by atoms with Crippen LogP contribution in [0.3, 0.4) is 0 Å². The van der Waals surface area contributed by atoms with E-state index in [1.54, 1.807) is 0 Å². The third-order valence-electron chi connectivity index (χ3n) is 4.59. The van der Waals surface area contributed by atoms with Gasteiger partial charge in [-0.2, -0.15) is 0 Å². The Bertz CT molecular complexity index is 601. The van der Waals surface area contributed by atoms with E-state index in [2.05, 4.69) is 64.9 Å². The Kier molecular flexibility index (Phi) is 4.60. The first kappa shape index (κ1) is 15.3. The van der Waals surface area contributed by atoms with E-state index in [1.807, 2.05) is 12.3 Å². The van der Waals surface area contributed by atoms with Crippen LogP contribution in [0.2, 0.25) is 0 Å². The van der Waals surface area contributed by atoms with Crippen LogP contribution < -0.4 is 5.32 Å². The molecule has 1 heterocycles. The minimum atomic E-state index is 0.571. The van der Waals surface area contributed by atoms with E-state index in [-0.39, 0.29) is 0 Å². The van der Waals surface area contributed by atoms with Crippen LogP contribution >= 0.6 is 0 Å². The second kappa shape index (κ2) is 6.63. The largest absolute Gasteiger partial charge is 0.310 e. The lowest BCUT2D eigenvalue weighted by atomic mass is 10.2. The second-order valence-electron chi connectivity index (χ2n) is 6.34. The van der Waals surface area contributed by atoms with E-state index < -0.39 is 0 Å². The Balaban J connectivity index is 1.61. The van der Waals surface area contributed by atoms with Crippen molar-refractivity contribution in [3.05, 3.63) is 48.0 Å². The molecule has 1 fully saturated rings. The van der Waals surface area contributed by atoms with Gasteiger partial charge in [-0.15, -0.1) is 0 Å². The summed E-state index contributed by atoms with van der Waals surface area (Å²) < 4.78 is 2.22. The minimum absolute atomic E-state index is 0.571. The molecule has 0 aliphatic heterocycles. The number of aryl methyl sites for hydroxylation is 1. The van der Waals surface area contributed by atoms with Crippen LogP contribution in [-0.4, -0.2) is 40.1 Å². The van der Waals surface area contributed by atoms with Crippen molar-refractivity contribution in [1.29, 1.82) is 0 Å². The molecule has 22 heavy (non-hydrogen) atoms. The summed E-state index contributed by atoms with van der Waals surface area (Å²) in [4.78, 5) is 6.97. The average molecular weight is 298 g/mol. The van der Waals surface area contributed by atoms with Crippen LogP contribution in [-0.2, 0) is 6.54 Å². The Morgan fingerprint density at radius 2 is 2.05 bits per heavy atom. The van der Waals surface area contributed by atoms with E-state index in [9.17, 15) is 0 Å². The molecule has 4 heteroatoms. The highest BCUT2D eigenvalue weighted by Crippen LogP contribution is 2.26. The molecule has 0 unspecified atom stereocenters. The van der Waals surface area contributed by atoms with Gasteiger partial charge in [-0.3, -0.25) is 9.47 Å². The van der Waals surface area contributed by atoms with Crippen molar-refractivity contribution in [2.24, 2.45) is 0 Å². The number of likely N-dealkylation sites (N-methyl/N-ethyl adjacent to an activating group) is 1. The molecule has 4 nitrogen and oxygen atoms in total. The Morgan fingerprint density at radius 3 is 2.73 bits per heavy atom. The molecule has 1 aliphatic carbocycles. The molecule has 1 atom stereocenters. The molecule has 1 saturated carbocycles. The molecule has 0 spiro atoms. The van der Waals surface area contributed by atoms with Gasteiger partial charge < -0.3 is 5.32 Å². The average Bonchev–Trinajstić information content (AvgIpc) is 3.31. The third-order valence-corrected chi connectivity index (χ3v) is 4.59. The predicted octanol–water partition coefficient (Wildman–Crippen LogP) is 2.75. The molecule has 0 radical (unpaired) electrons. The van der Waals surface area contributed by atoms with Gasteiger partial charge in [0.1, 0.15) is 5.82 Å². The quantitative estimate of drug-likeness (QED) is 0.853. The summed E-state index contributed by atoms with van der Waals surface area (Å²) in [5, 5.41) is 3.59. The first-order valence-electron chi connectivity index (χ1n) is 8.18. The monoisotopic (exact) mass is 298 g/mol. The molecule has 1 N–H and O–H groups in total. The summed E-state index contributed by atoms with van der Waals surface area (Å²) in [5.74, 6) is 1.03. The normalized spacial score (nSPS) is 16.2. The maximum atomic E-state index is 4.48. The van der Waals surface area contributed by atoms with Crippen molar-refractivity contribution in [3.8, 4) is 5.69 Å². The fraction of sp³-hybridized carbons (Fsp3) is 0.500. The number of para-hydroxylation sites is 1. The topological polar surface area (TPSA) is 33.1 Å². The molecule has 0 bridgehead atoms. The van der Waals surface area contributed by atoms with Gasteiger partial charge >= 0.3 is 0 Å². The Morgan fingerprint density at radius 1 is 1.32 bits per heavy atom. The van der Waals surface area contributed by atoms with E-state index in [0.717, 1.165) is 25.0 Å². The first-order valence-corrected chi connectivity index (χ1v) is 8.18. The van der Waals surface area contributed by atoms with E-state index in [1.165, 1.54) is 24.2 Å². The minimum Gasteiger partial charge on any atom is -0.310 e. The maximum absolute atomic E-state index is 4.48. The molecule has 1 aliphatic rings. The Hall–Kier alpha value is -1.65. The number of imidazole rings is 1. The number of nitrogens with one attached hydrogen (secondary N) is 1. The smallest absolute Gasteiger partial charge is 0.110 e. The van der Waals surface area contributed by atoms with Crippen molar-refractivity contribution in [2.45, 2.75) is 45.3 Å². The summed E-state index contributed by atoms with van der Waals surface area (Å²) in [5.41, 5.74) is 2.39. The fourth-order valence-electron chi connectivity index (χ4n) is 2.94. The fourth-order valence-corrected chi connectivity index (χ4v) is 2.94. The molecule has 3 rings (SSSR count). The van der Waals surface area contributed by atoms with Crippen LogP contribution in [0.5, 0.6) is 0 Å². The lowest BCUT2D eigenvalue weighted by molar-refractivity contribution is 0.240. The number of rotatable bonds is 7. The van der Waals surface area contributed by atoms with Crippen molar-refractivity contribution in [3.63, 3.8) is 0 Å². The third kappa shape index (κ3) is 3.39. The summed E-state index contributed by atoms with van der Waals surface area (Å²) in [6.07, 6.45) is 4.70. The number of aromatic nitrogens is 2. The number of hydrogen-bond acceptors (Lipinski definition) is 3. The highest BCUT2D eigenvalue weighted by atomic mass is 15.2. The first-order chi connectivity index (χ1) is 10.7. The molecule has 0 saturated heterocycles. The highest BCUT2D eigenvalue weighted by molar-refractivity contribution is 5.35. The van der Waals surface area contributed by atoms with Gasteiger partial charge in [0.2, 0.25) is 0 Å². The van der Waals surface area contributed by atoms with E-state index in [4.69, 9.17) is 0 Å². The highest BCUT2D eigenvalue weighted by Gasteiger charge is 2.28. The summed E-state index contributed by atoms with van der Waals surface area (Å²) >= 11 is 0. The number of nitrogens with zero attached hydrogens (tertiary/aromatic N) is 3. The van der Waals surface area contributed by atoms with Crippen LogP contribution in [0.1, 0.15) is 31.3 Å². The molecule has 118 valence electrons. The van der Waals surface area contributed by atoms with Gasteiger partial charge in [-0.1, -0.05) is 18.2 Å². The maximum Gasteiger partial charge on any atom is 0.110 e.